The SMILES string of the molecule is O=C(CCCSc1nc2ccccc2c(=O)n1-c1cccc(Cl)c1)N1CCN(CC=Cc2ccccc2)CC1. The summed E-state index contributed by atoms with van der Waals surface area (Å²) in [4.78, 5) is 35.4. The molecular weight excluding hydrogens is 528 g/mol. The number of aromatic nitrogens is 2. The molecule has 4 aromatic rings. The molecule has 1 aliphatic rings. The van der Waals surface area contributed by atoms with E-state index in [-0.39, 0.29) is 11.5 Å². The first-order chi connectivity index (χ1) is 19.1. The first-order valence-electron chi connectivity index (χ1n) is 13.2. The highest BCUT2D eigenvalue weighted by Crippen LogP contribution is 2.24. The van der Waals surface area contributed by atoms with Crippen LogP contribution in [0.5, 0.6) is 0 Å². The molecule has 0 aliphatic carbocycles. The third-order valence-electron chi connectivity index (χ3n) is 6.78. The van der Waals surface area contributed by atoms with Crippen LogP contribution in [0.1, 0.15) is 18.4 Å². The third kappa shape index (κ3) is 6.98. The first kappa shape index (κ1) is 27.2. The van der Waals surface area contributed by atoms with Crippen LogP contribution in [0.25, 0.3) is 22.7 Å². The van der Waals surface area contributed by atoms with Crippen LogP contribution in [0.3, 0.4) is 0 Å². The molecular formula is C31H31ClN4O2S. The Labute approximate surface area is 237 Å². The number of hydrogen-bond donors (Lipinski definition) is 0. The number of thioether (sulfide) groups is 1. The van der Waals surface area contributed by atoms with Gasteiger partial charge in [-0.2, -0.15) is 0 Å². The van der Waals surface area contributed by atoms with Crippen LogP contribution in [0.4, 0.5) is 0 Å². The highest BCUT2D eigenvalue weighted by molar-refractivity contribution is 7.99. The Hall–Kier alpha value is -3.39. The molecule has 1 amide bonds. The quantitative estimate of drug-likeness (QED) is 0.148. The fraction of sp³-hybridized carbons (Fsp3) is 0.258. The zero-order valence-corrected chi connectivity index (χ0v) is 23.3. The summed E-state index contributed by atoms with van der Waals surface area (Å²) in [6.45, 7) is 4.16. The van der Waals surface area contributed by atoms with E-state index in [4.69, 9.17) is 16.6 Å². The third-order valence-corrected chi connectivity index (χ3v) is 8.04. The molecule has 0 bridgehead atoms. The molecule has 0 spiro atoms. The average Bonchev–Trinajstić information content (AvgIpc) is 2.96. The molecule has 2 heterocycles. The van der Waals surface area contributed by atoms with Gasteiger partial charge < -0.3 is 4.90 Å². The number of nitrogens with zero attached hydrogens (tertiary/aromatic N) is 4. The topological polar surface area (TPSA) is 58.4 Å². The van der Waals surface area contributed by atoms with Gasteiger partial charge in [0, 0.05) is 49.9 Å². The van der Waals surface area contributed by atoms with E-state index in [1.54, 1.807) is 22.8 Å². The van der Waals surface area contributed by atoms with Crippen molar-refractivity contribution in [1.29, 1.82) is 0 Å². The van der Waals surface area contributed by atoms with Crippen LogP contribution >= 0.6 is 23.4 Å². The summed E-state index contributed by atoms with van der Waals surface area (Å²) in [6.07, 6.45) is 5.52. The largest absolute Gasteiger partial charge is 0.340 e. The van der Waals surface area contributed by atoms with Crippen LogP contribution in [0.15, 0.2) is 94.9 Å². The Morgan fingerprint density at radius 1 is 0.949 bits per heavy atom. The van der Waals surface area contributed by atoms with E-state index in [2.05, 4.69) is 29.2 Å². The summed E-state index contributed by atoms with van der Waals surface area (Å²) in [5.74, 6) is 0.871. The molecule has 0 unspecified atom stereocenters. The number of benzene rings is 3. The minimum absolute atomic E-state index is 0.127. The van der Waals surface area contributed by atoms with Gasteiger partial charge in [-0.1, -0.05) is 84.0 Å². The number of carbonyl (C=O) groups excluding carboxylic acids is 1. The van der Waals surface area contributed by atoms with Gasteiger partial charge >= 0.3 is 0 Å². The summed E-state index contributed by atoms with van der Waals surface area (Å²) in [5, 5.41) is 1.72. The zero-order chi connectivity index (χ0) is 27.0. The van der Waals surface area contributed by atoms with Crippen molar-refractivity contribution in [2.75, 3.05) is 38.5 Å². The maximum absolute atomic E-state index is 13.4. The van der Waals surface area contributed by atoms with Crippen molar-refractivity contribution in [2.45, 2.75) is 18.0 Å². The molecule has 1 aromatic heterocycles. The minimum Gasteiger partial charge on any atom is -0.340 e. The molecule has 1 saturated heterocycles. The summed E-state index contributed by atoms with van der Waals surface area (Å²) >= 11 is 7.72. The van der Waals surface area contributed by atoms with Crippen molar-refractivity contribution in [2.24, 2.45) is 0 Å². The second-order valence-electron chi connectivity index (χ2n) is 9.48. The smallest absolute Gasteiger partial charge is 0.266 e. The molecule has 5 rings (SSSR count). The van der Waals surface area contributed by atoms with Crippen molar-refractivity contribution >= 4 is 46.2 Å². The predicted octanol–water partition coefficient (Wildman–Crippen LogP) is 5.77. The van der Waals surface area contributed by atoms with Gasteiger partial charge in [-0.05, 0) is 42.3 Å². The Morgan fingerprint density at radius 3 is 2.51 bits per heavy atom. The Bertz CT molecular complexity index is 1510. The lowest BCUT2D eigenvalue weighted by molar-refractivity contribution is -0.132. The lowest BCUT2D eigenvalue weighted by Crippen LogP contribution is -2.48. The highest BCUT2D eigenvalue weighted by atomic mass is 35.5. The molecule has 6 nitrogen and oxygen atoms in total. The summed E-state index contributed by atoms with van der Waals surface area (Å²) in [7, 11) is 0. The Balaban J connectivity index is 1.14. The second kappa shape index (κ2) is 13.1. The van der Waals surface area contributed by atoms with Gasteiger partial charge in [0.15, 0.2) is 5.16 Å². The van der Waals surface area contributed by atoms with Gasteiger partial charge in [-0.15, -0.1) is 0 Å². The standard InChI is InChI=1S/C31H31ClN4O2S/c32-25-12-6-13-26(23-25)36-30(38)27-14-4-5-15-28(27)33-31(36)39-22-8-16-29(37)35-20-18-34(19-21-35)17-7-11-24-9-2-1-3-10-24/h1-7,9-15,23H,8,16-22H2. The average molecular weight is 559 g/mol. The molecule has 200 valence electrons. The molecule has 0 radical (unpaired) electrons. The predicted molar refractivity (Wildman–Crippen MR) is 161 cm³/mol. The lowest BCUT2D eigenvalue weighted by Gasteiger charge is -2.34. The van der Waals surface area contributed by atoms with E-state index in [1.807, 2.05) is 53.4 Å². The molecule has 1 fully saturated rings. The van der Waals surface area contributed by atoms with Crippen LogP contribution in [-0.4, -0.2) is 63.7 Å². The van der Waals surface area contributed by atoms with Crippen molar-refractivity contribution in [3.63, 3.8) is 0 Å². The van der Waals surface area contributed by atoms with E-state index in [0.29, 0.717) is 45.4 Å². The zero-order valence-electron chi connectivity index (χ0n) is 21.7. The van der Waals surface area contributed by atoms with Crippen LogP contribution < -0.4 is 5.56 Å². The van der Waals surface area contributed by atoms with E-state index in [1.165, 1.54) is 17.3 Å². The molecule has 3 aromatic carbocycles. The maximum atomic E-state index is 13.4. The van der Waals surface area contributed by atoms with Crippen LogP contribution in [0.2, 0.25) is 5.02 Å². The van der Waals surface area contributed by atoms with Gasteiger partial charge in [0.2, 0.25) is 5.91 Å². The monoisotopic (exact) mass is 558 g/mol. The van der Waals surface area contributed by atoms with Gasteiger partial charge in [0.1, 0.15) is 0 Å². The number of piperazine rings is 1. The molecule has 39 heavy (non-hydrogen) atoms. The van der Waals surface area contributed by atoms with E-state index in [9.17, 15) is 9.59 Å². The van der Waals surface area contributed by atoms with Crippen molar-refractivity contribution in [3.05, 3.63) is 106 Å². The number of hydrogen-bond acceptors (Lipinski definition) is 5. The molecule has 0 atom stereocenters. The maximum Gasteiger partial charge on any atom is 0.266 e. The number of carbonyl (C=O) groups is 1. The van der Waals surface area contributed by atoms with Crippen molar-refractivity contribution in [1.82, 2.24) is 19.4 Å². The summed E-state index contributed by atoms with van der Waals surface area (Å²) < 4.78 is 1.62. The van der Waals surface area contributed by atoms with E-state index >= 15 is 0 Å². The van der Waals surface area contributed by atoms with Crippen molar-refractivity contribution < 1.29 is 4.79 Å². The number of fused-ring (bicyclic) bond motifs is 1. The minimum atomic E-state index is -0.127. The van der Waals surface area contributed by atoms with Crippen molar-refractivity contribution in [3.8, 4) is 5.69 Å². The lowest BCUT2D eigenvalue weighted by atomic mass is 10.2. The normalized spacial score (nSPS) is 14.3. The van der Waals surface area contributed by atoms with Gasteiger partial charge in [-0.3, -0.25) is 19.1 Å². The number of para-hydroxylation sites is 1. The molecule has 0 N–H and O–H groups in total. The van der Waals surface area contributed by atoms with Gasteiger partial charge in [0.05, 0.1) is 16.6 Å². The van der Waals surface area contributed by atoms with E-state index < -0.39 is 0 Å². The molecule has 1 aliphatic heterocycles. The van der Waals surface area contributed by atoms with Crippen LogP contribution in [-0.2, 0) is 4.79 Å². The summed E-state index contributed by atoms with van der Waals surface area (Å²) in [5.41, 5.74) is 2.42. The van der Waals surface area contributed by atoms with Crippen LogP contribution in [0, 0.1) is 0 Å². The highest BCUT2D eigenvalue weighted by Gasteiger charge is 2.20. The number of halogens is 1. The molecule has 0 saturated carbocycles. The van der Waals surface area contributed by atoms with Gasteiger partial charge in [-0.25, -0.2) is 4.98 Å². The van der Waals surface area contributed by atoms with Gasteiger partial charge in [0.25, 0.3) is 5.56 Å². The second-order valence-corrected chi connectivity index (χ2v) is 11.0. The number of amides is 1. The summed E-state index contributed by atoms with van der Waals surface area (Å²) in [6, 6.07) is 24.9. The number of rotatable bonds is 9. The Morgan fingerprint density at radius 2 is 1.72 bits per heavy atom. The van der Waals surface area contributed by atoms with E-state index in [0.717, 1.165) is 32.7 Å². The fourth-order valence-corrected chi connectivity index (χ4v) is 5.81. The Kier molecular flexibility index (Phi) is 9.14. The molecule has 8 heteroatoms. The fourth-order valence-electron chi connectivity index (χ4n) is 4.68. The first-order valence-corrected chi connectivity index (χ1v) is 14.6.